The van der Waals surface area contributed by atoms with Crippen molar-refractivity contribution < 1.29 is 14.7 Å². The monoisotopic (exact) mass is 241 g/mol. The molecule has 1 unspecified atom stereocenters. The van der Waals surface area contributed by atoms with Gasteiger partial charge in [0.05, 0.1) is 0 Å². The van der Waals surface area contributed by atoms with Gasteiger partial charge in [0, 0.05) is 18.9 Å². The first-order chi connectivity index (χ1) is 8.08. The van der Waals surface area contributed by atoms with Crippen LogP contribution in [0.1, 0.15) is 58.3 Å². The van der Waals surface area contributed by atoms with E-state index in [2.05, 4.69) is 5.32 Å². The Labute approximate surface area is 103 Å². The third-order valence-corrected chi connectivity index (χ3v) is 3.16. The molecule has 1 aliphatic carbocycles. The molecule has 0 bridgehead atoms. The second-order valence-electron chi connectivity index (χ2n) is 5.09. The fourth-order valence-corrected chi connectivity index (χ4v) is 1.87. The molecular weight excluding hydrogens is 218 g/mol. The van der Waals surface area contributed by atoms with Crippen molar-refractivity contribution in [2.75, 3.05) is 0 Å². The van der Waals surface area contributed by atoms with Gasteiger partial charge in [-0.15, -0.1) is 0 Å². The van der Waals surface area contributed by atoms with Crippen molar-refractivity contribution in [3.63, 3.8) is 0 Å². The Balaban J connectivity index is 1.96. The summed E-state index contributed by atoms with van der Waals surface area (Å²) in [5, 5.41) is 11.4. The van der Waals surface area contributed by atoms with Crippen molar-refractivity contribution in [1.29, 1.82) is 0 Å². The summed E-state index contributed by atoms with van der Waals surface area (Å²) in [6.45, 7) is 2.04. The molecule has 2 N–H and O–H groups in total. The largest absolute Gasteiger partial charge is 0.481 e. The van der Waals surface area contributed by atoms with Gasteiger partial charge >= 0.3 is 5.97 Å². The molecule has 0 aromatic heterocycles. The molecule has 1 saturated carbocycles. The quantitative estimate of drug-likeness (QED) is 0.609. The van der Waals surface area contributed by atoms with Gasteiger partial charge in [-0.25, -0.2) is 0 Å². The Morgan fingerprint density at radius 1 is 1.29 bits per heavy atom. The van der Waals surface area contributed by atoms with E-state index in [1.54, 1.807) is 0 Å². The van der Waals surface area contributed by atoms with Crippen LogP contribution in [0.3, 0.4) is 0 Å². The fourth-order valence-electron chi connectivity index (χ4n) is 1.87. The second kappa shape index (κ2) is 7.30. The van der Waals surface area contributed by atoms with E-state index in [9.17, 15) is 9.59 Å². The minimum absolute atomic E-state index is 0.0543. The summed E-state index contributed by atoms with van der Waals surface area (Å²) < 4.78 is 0. The first kappa shape index (κ1) is 14.0. The van der Waals surface area contributed by atoms with Gasteiger partial charge in [0.1, 0.15) is 0 Å². The maximum absolute atomic E-state index is 11.5. The molecule has 1 amide bonds. The Morgan fingerprint density at radius 3 is 2.53 bits per heavy atom. The molecule has 4 heteroatoms. The van der Waals surface area contributed by atoms with Crippen LogP contribution in [0, 0.1) is 5.92 Å². The molecule has 0 saturated heterocycles. The molecule has 0 aromatic rings. The van der Waals surface area contributed by atoms with Crippen LogP contribution in [0.15, 0.2) is 0 Å². The summed E-state index contributed by atoms with van der Waals surface area (Å²) in [5.74, 6) is 0.173. The SMILES string of the molecule is CC(CCC1CC1)NC(=O)CCCCC(=O)O. The Morgan fingerprint density at radius 2 is 1.94 bits per heavy atom. The Bertz CT molecular complexity index is 261. The normalized spacial score (nSPS) is 16.5. The molecule has 4 nitrogen and oxygen atoms in total. The number of unbranched alkanes of at least 4 members (excludes halogenated alkanes) is 1. The number of hydrogen-bond donors (Lipinski definition) is 2. The average molecular weight is 241 g/mol. The highest BCUT2D eigenvalue weighted by molar-refractivity contribution is 5.76. The molecule has 0 radical (unpaired) electrons. The van der Waals surface area contributed by atoms with Crippen LogP contribution in [-0.2, 0) is 9.59 Å². The lowest BCUT2D eigenvalue weighted by atomic mass is 10.1. The van der Waals surface area contributed by atoms with Crippen LogP contribution in [0.4, 0.5) is 0 Å². The van der Waals surface area contributed by atoms with E-state index in [4.69, 9.17) is 5.11 Å². The van der Waals surface area contributed by atoms with Crippen molar-refractivity contribution in [3.8, 4) is 0 Å². The maximum Gasteiger partial charge on any atom is 0.303 e. The topological polar surface area (TPSA) is 66.4 Å². The molecule has 1 fully saturated rings. The van der Waals surface area contributed by atoms with E-state index in [1.807, 2.05) is 6.92 Å². The van der Waals surface area contributed by atoms with Gasteiger partial charge in [0.15, 0.2) is 0 Å². The highest BCUT2D eigenvalue weighted by Gasteiger charge is 2.21. The zero-order chi connectivity index (χ0) is 12.7. The third-order valence-electron chi connectivity index (χ3n) is 3.16. The number of nitrogens with one attached hydrogen (secondary N) is 1. The molecule has 0 spiro atoms. The van der Waals surface area contributed by atoms with Gasteiger partial charge < -0.3 is 10.4 Å². The van der Waals surface area contributed by atoms with E-state index in [1.165, 1.54) is 19.3 Å². The highest BCUT2D eigenvalue weighted by atomic mass is 16.4. The summed E-state index contributed by atoms with van der Waals surface area (Å²) >= 11 is 0. The zero-order valence-corrected chi connectivity index (χ0v) is 10.6. The first-order valence-electron chi connectivity index (χ1n) is 6.59. The van der Waals surface area contributed by atoms with Gasteiger partial charge in [-0.3, -0.25) is 9.59 Å². The lowest BCUT2D eigenvalue weighted by Crippen LogP contribution is -2.32. The number of carbonyl (C=O) groups is 2. The molecule has 0 heterocycles. The van der Waals surface area contributed by atoms with Crippen molar-refractivity contribution in [3.05, 3.63) is 0 Å². The van der Waals surface area contributed by atoms with Crippen LogP contribution in [0.5, 0.6) is 0 Å². The average Bonchev–Trinajstić information content (AvgIpc) is 3.05. The second-order valence-corrected chi connectivity index (χ2v) is 5.09. The summed E-state index contributed by atoms with van der Waals surface area (Å²) in [7, 11) is 0. The number of rotatable bonds is 9. The van der Waals surface area contributed by atoms with Gasteiger partial charge in [-0.1, -0.05) is 12.8 Å². The van der Waals surface area contributed by atoms with E-state index >= 15 is 0 Å². The predicted octanol–water partition coefficient (Wildman–Crippen LogP) is 2.33. The number of amides is 1. The van der Waals surface area contributed by atoms with E-state index in [-0.39, 0.29) is 18.4 Å². The molecule has 1 aliphatic rings. The maximum atomic E-state index is 11.5. The van der Waals surface area contributed by atoms with Gasteiger partial charge in [-0.05, 0) is 38.5 Å². The third kappa shape index (κ3) is 7.77. The minimum Gasteiger partial charge on any atom is -0.481 e. The Hall–Kier alpha value is -1.06. The summed E-state index contributed by atoms with van der Waals surface area (Å²) in [4.78, 5) is 21.8. The van der Waals surface area contributed by atoms with Crippen LogP contribution in [0.2, 0.25) is 0 Å². The number of carboxylic acids is 1. The molecule has 98 valence electrons. The van der Waals surface area contributed by atoms with Crippen molar-refractivity contribution in [2.24, 2.45) is 5.92 Å². The van der Waals surface area contributed by atoms with E-state index in [0.717, 1.165) is 12.3 Å². The van der Waals surface area contributed by atoms with Crippen molar-refractivity contribution in [2.45, 2.75) is 64.3 Å². The van der Waals surface area contributed by atoms with Gasteiger partial charge in [-0.2, -0.15) is 0 Å². The van der Waals surface area contributed by atoms with Crippen molar-refractivity contribution >= 4 is 11.9 Å². The molecule has 1 rings (SSSR count). The van der Waals surface area contributed by atoms with Gasteiger partial charge in [0.2, 0.25) is 5.91 Å². The van der Waals surface area contributed by atoms with Crippen LogP contribution >= 0.6 is 0 Å². The number of aliphatic carboxylic acids is 1. The number of hydrogen-bond acceptors (Lipinski definition) is 2. The standard InChI is InChI=1S/C13H23NO3/c1-10(6-7-11-8-9-11)14-12(15)4-2-3-5-13(16)17/h10-11H,2-9H2,1H3,(H,14,15)(H,16,17). The van der Waals surface area contributed by atoms with Crippen LogP contribution < -0.4 is 5.32 Å². The molecule has 0 aromatic carbocycles. The molecule has 1 atom stereocenters. The number of carbonyl (C=O) groups excluding carboxylic acids is 1. The number of carboxylic acid groups (broad SMARTS) is 1. The smallest absolute Gasteiger partial charge is 0.303 e. The van der Waals surface area contributed by atoms with Crippen molar-refractivity contribution in [1.82, 2.24) is 5.32 Å². The molecule has 0 aliphatic heterocycles. The first-order valence-corrected chi connectivity index (χ1v) is 6.59. The summed E-state index contributed by atoms with van der Waals surface area (Å²) in [5.41, 5.74) is 0. The minimum atomic E-state index is -0.789. The molecular formula is C13H23NO3. The van der Waals surface area contributed by atoms with E-state index < -0.39 is 5.97 Å². The summed E-state index contributed by atoms with van der Waals surface area (Å²) in [6, 6.07) is 0.252. The lowest BCUT2D eigenvalue weighted by molar-refractivity contribution is -0.137. The van der Waals surface area contributed by atoms with Crippen LogP contribution in [0.25, 0.3) is 0 Å². The van der Waals surface area contributed by atoms with Gasteiger partial charge in [0.25, 0.3) is 0 Å². The predicted molar refractivity (Wildman–Crippen MR) is 65.7 cm³/mol. The van der Waals surface area contributed by atoms with Crippen LogP contribution in [-0.4, -0.2) is 23.0 Å². The fraction of sp³-hybridized carbons (Fsp3) is 0.846. The highest BCUT2D eigenvalue weighted by Crippen LogP contribution is 2.33. The summed E-state index contributed by atoms with van der Waals surface area (Å²) in [6.07, 6.45) is 6.84. The lowest BCUT2D eigenvalue weighted by Gasteiger charge is -2.13. The zero-order valence-electron chi connectivity index (χ0n) is 10.6. The van der Waals surface area contributed by atoms with E-state index in [0.29, 0.717) is 19.3 Å². The molecule has 17 heavy (non-hydrogen) atoms. The Kier molecular flexibility index (Phi) is 6.01.